The first-order chi connectivity index (χ1) is 8.56. The van der Waals surface area contributed by atoms with Crippen LogP contribution >= 0.6 is 0 Å². The van der Waals surface area contributed by atoms with Crippen LogP contribution in [0.5, 0.6) is 0 Å². The highest BCUT2D eigenvalue weighted by molar-refractivity contribution is 6.03. The lowest BCUT2D eigenvalue weighted by Gasteiger charge is -2.05. The lowest BCUT2D eigenvalue weighted by Crippen LogP contribution is -2.15. The highest BCUT2D eigenvalue weighted by Gasteiger charge is 2.13. The van der Waals surface area contributed by atoms with Gasteiger partial charge in [0.2, 0.25) is 0 Å². The van der Waals surface area contributed by atoms with E-state index >= 15 is 0 Å². The summed E-state index contributed by atoms with van der Waals surface area (Å²) < 4.78 is 26.0. The van der Waals surface area contributed by atoms with Gasteiger partial charge in [0.1, 0.15) is 23.3 Å². The Morgan fingerprint density at radius 2 is 2.00 bits per heavy atom. The Hall–Kier alpha value is -2.50. The highest BCUT2D eigenvalue weighted by Crippen LogP contribution is 2.12. The van der Waals surface area contributed by atoms with Gasteiger partial charge in [-0.15, -0.1) is 0 Å². The number of carbonyl (C=O) groups excluding carboxylic acids is 1. The molecule has 18 heavy (non-hydrogen) atoms. The molecule has 4 nitrogen and oxygen atoms in total. The Kier molecular flexibility index (Phi) is 3.18. The maximum atomic E-state index is 13.3. The Balaban J connectivity index is 2.22. The van der Waals surface area contributed by atoms with Crippen molar-refractivity contribution < 1.29 is 13.6 Å². The van der Waals surface area contributed by atoms with Crippen LogP contribution in [0.25, 0.3) is 0 Å². The number of carbonyl (C=O) groups is 1. The van der Waals surface area contributed by atoms with Gasteiger partial charge in [-0.1, -0.05) is 6.07 Å². The van der Waals surface area contributed by atoms with Gasteiger partial charge in [-0.25, -0.2) is 13.8 Å². The van der Waals surface area contributed by atoms with Crippen molar-refractivity contribution in [2.45, 2.75) is 0 Å². The number of amides is 1. The summed E-state index contributed by atoms with van der Waals surface area (Å²) in [6.07, 6.45) is 0. The third-order valence-electron chi connectivity index (χ3n) is 2.19. The van der Waals surface area contributed by atoms with Crippen LogP contribution in [-0.2, 0) is 0 Å². The topological polar surface area (TPSA) is 68.0 Å². The normalized spacial score (nSPS) is 10.1. The fourth-order valence-electron chi connectivity index (χ4n) is 1.38. The Bertz CT molecular complexity index is 602. The van der Waals surface area contributed by atoms with Crippen LogP contribution in [0.2, 0.25) is 0 Å². The fraction of sp³-hybridized carbons (Fsp3) is 0. The van der Waals surface area contributed by atoms with Gasteiger partial charge < -0.3 is 11.1 Å². The zero-order valence-electron chi connectivity index (χ0n) is 9.15. The van der Waals surface area contributed by atoms with E-state index in [1.165, 1.54) is 6.07 Å². The molecule has 1 amide bonds. The average molecular weight is 249 g/mol. The first-order valence-electron chi connectivity index (χ1n) is 5.05. The SMILES string of the molecule is Nc1cccc(NC(=O)c2ccc(F)cc2F)n1. The van der Waals surface area contributed by atoms with E-state index in [9.17, 15) is 13.6 Å². The lowest BCUT2D eigenvalue weighted by atomic mass is 10.2. The number of aromatic nitrogens is 1. The molecule has 1 aromatic heterocycles. The van der Waals surface area contributed by atoms with Crippen LogP contribution in [0.3, 0.4) is 0 Å². The molecule has 2 rings (SSSR count). The smallest absolute Gasteiger partial charge is 0.259 e. The largest absolute Gasteiger partial charge is 0.384 e. The van der Waals surface area contributed by atoms with Crippen LogP contribution in [-0.4, -0.2) is 10.9 Å². The molecule has 0 fully saturated rings. The highest BCUT2D eigenvalue weighted by atomic mass is 19.1. The van der Waals surface area contributed by atoms with Gasteiger partial charge in [-0.3, -0.25) is 4.79 Å². The number of nitrogens with two attached hydrogens (primary N) is 1. The van der Waals surface area contributed by atoms with Gasteiger partial charge in [0.15, 0.2) is 0 Å². The van der Waals surface area contributed by atoms with Gasteiger partial charge in [0.25, 0.3) is 5.91 Å². The standard InChI is InChI=1S/C12H9F2N3O/c13-7-4-5-8(9(14)6-7)12(18)17-11-3-1-2-10(15)16-11/h1-6H,(H3,15,16,17,18). The van der Waals surface area contributed by atoms with Crippen molar-refractivity contribution in [2.24, 2.45) is 0 Å². The molecule has 3 N–H and O–H groups in total. The van der Waals surface area contributed by atoms with Gasteiger partial charge in [0, 0.05) is 6.07 Å². The lowest BCUT2D eigenvalue weighted by molar-refractivity contribution is 0.102. The molecule has 1 heterocycles. The average Bonchev–Trinajstić information content (AvgIpc) is 2.28. The van der Waals surface area contributed by atoms with E-state index in [1.807, 2.05) is 0 Å². The van der Waals surface area contributed by atoms with Crippen molar-refractivity contribution in [3.8, 4) is 0 Å². The molecule has 0 radical (unpaired) electrons. The number of benzene rings is 1. The first kappa shape index (κ1) is 12.0. The monoisotopic (exact) mass is 249 g/mol. The van der Waals surface area contributed by atoms with Crippen LogP contribution < -0.4 is 11.1 Å². The Morgan fingerprint density at radius 3 is 2.67 bits per heavy atom. The number of halogens is 2. The van der Waals surface area contributed by atoms with Crippen molar-refractivity contribution in [2.75, 3.05) is 11.1 Å². The summed E-state index contributed by atoms with van der Waals surface area (Å²) in [4.78, 5) is 15.5. The van der Waals surface area contributed by atoms with Gasteiger partial charge in [-0.2, -0.15) is 0 Å². The predicted octanol–water partition coefficient (Wildman–Crippen LogP) is 2.19. The fourth-order valence-corrected chi connectivity index (χ4v) is 1.38. The number of rotatable bonds is 2. The summed E-state index contributed by atoms with van der Waals surface area (Å²) in [5.74, 6) is -1.97. The quantitative estimate of drug-likeness (QED) is 0.857. The van der Waals surface area contributed by atoms with E-state index in [0.717, 1.165) is 12.1 Å². The van der Waals surface area contributed by atoms with E-state index in [0.29, 0.717) is 6.07 Å². The van der Waals surface area contributed by atoms with Crippen molar-refractivity contribution in [1.29, 1.82) is 0 Å². The number of pyridine rings is 1. The molecule has 0 saturated heterocycles. The molecule has 6 heteroatoms. The molecule has 0 aliphatic rings. The molecule has 0 saturated carbocycles. The summed E-state index contributed by atoms with van der Waals surface area (Å²) >= 11 is 0. The molecule has 1 aromatic carbocycles. The number of anilines is 2. The van der Waals surface area contributed by atoms with Crippen LogP contribution in [0.1, 0.15) is 10.4 Å². The summed E-state index contributed by atoms with van der Waals surface area (Å²) in [6.45, 7) is 0. The van der Waals surface area contributed by atoms with E-state index < -0.39 is 17.5 Å². The Labute approximate surface area is 101 Å². The number of nitrogens with zero attached hydrogens (tertiary/aromatic N) is 1. The molecule has 0 spiro atoms. The predicted molar refractivity (Wildman–Crippen MR) is 63.0 cm³/mol. The second kappa shape index (κ2) is 4.79. The van der Waals surface area contributed by atoms with Gasteiger partial charge >= 0.3 is 0 Å². The van der Waals surface area contributed by atoms with E-state index in [2.05, 4.69) is 10.3 Å². The van der Waals surface area contributed by atoms with Crippen molar-refractivity contribution in [3.05, 3.63) is 53.6 Å². The maximum absolute atomic E-state index is 13.3. The molecule has 92 valence electrons. The second-order valence-corrected chi connectivity index (χ2v) is 3.53. The first-order valence-corrected chi connectivity index (χ1v) is 5.05. The molecular weight excluding hydrogens is 240 g/mol. The van der Waals surface area contributed by atoms with Crippen molar-refractivity contribution >= 4 is 17.5 Å². The summed E-state index contributed by atoms with van der Waals surface area (Å²) in [5.41, 5.74) is 5.17. The minimum Gasteiger partial charge on any atom is -0.384 e. The molecule has 0 unspecified atom stereocenters. The van der Waals surface area contributed by atoms with Gasteiger partial charge in [0.05, 0.1) is 5.56 Å². The van der Waals surface area contributed by atoms with E-state index in [-0.39, 0.29) is 17.2 Å². The van der Waals surface area contributed by atoms with Gasteiger partial charge in [-0.05, 0) is 24.3 Å². The zero-order chi connectivity index (χ0) is 13.1. The molecule has 0 atom stereocenters. The third-order valence-corrected chi connectivity index (χ3v) is 2.19. The summed E-state index contributed by atoms with van der Waals surface area (Å²) in [5, 5.41) is 2.37. The van der Waals surface area contributed by atoms with Crippen LogP contribution in [0.4, 0.5) is 20.4 Å². The molecule has 0 aliphatic carbocycles. The van der Waals surface area contributed by atoms with E-state index in [1.54, 1.807) is 12.1 Å². The summed E-state index contributed by atoms with van der Waals surface area (Å²) in [6, 6.07) is 7.36. The zero-order valence-corrected chi connectivity index (χ0v) is 9.15. The second-order valence-electron chi connectivity index (χ2n) is 3.53. The van der Waals surface area contributed by atoms with Crippen LogP contribution in [0, 0.1) is 11.6 Å². The number of nitrogen functional groups attached to an aromatic ring is 1. The van der Waals surface area contributed by atoms with Crippen molar-refractivity contribution in [3.63, 3.8) is 0 Å². The number of hydrogen-bond acceptors (Lipinski definition) is 3. The van der Waals surface area contributed by atoms with Crippen LogP contribution in [0.15, 0.2) is 36.4 Å². The minimum absolute atomic E-state index is 0.198. The third kappa shape index (κ3) is 2.60. The summed E-state index contributed by atoms with van der Waals surface area (Å²) in [7, 11) is 0. The van der Waals surface area contributed by atoms with E-state index in [4.69, 9.17) is 5.73 Å². The molecule has 0 aliphatic heterocycles. The van der Waals surface area contributed by atoms with Crippen molar-refractivity contribution in [1.82, 2.24) is 4.98 Å². The maximum Gasteiger partial charge on any atom is 0.259 e. The minimum atomic E-state index is -0.934. The molecule has 2 aromatic rings. The molecule has 0 bridgehead atoms. The molecular formula is C12H9F2N3O. The number of nitrogens with one attached hydrogen (secondary N) is 1. The number of hydrogen-bond donors (Lipinski definition) is 2. The Morgan fingerprint density at radius 1 is 1.22 bits per heavy atom.